The monoisotopic (exact) mass is 346 g/mol. The Labute approximate surface area is 140 Å². The van der Waals surface area contributed by atoms with Gasteiger partial charge in [0.25, 0.3) is 0 Å². The molecule has 2 rings (SSSR count). The van der Waals surface area contributed by atoms with Gasteiger partial charge in [0.1, 0.15) is 24.4 Å². The minimum absolute atomic E-state index is 0.358. The van der Waals surface area contributed by atoms with Gasteiger partial charge in [-0.05, 0) is 25.2 Å². The fourth-order valence-corrected chi connectivity index (χ4v) is 3.70. The molecular weight excluding hydrogens is 320 g/mol. The van der Waals surface area contributed by atoms with Gasteiger partial charge >= 0.3 is 5.97 Å². The first-order valence-electron chi connectivity index (χ1n) is 7.98. The summed E-state index contributed by atoms with van der Waals surface area (Å²) in [6.45, 7) is 4.82. The van der Waals surface area contributed by atoms with Crippen molar-refractivity contribution in [3.05, 3.63) is 11.1 Å². The second kappa shape index (κ2) is 7.07. The number of aliphatic hydroxyl groups is 4. The van der Waals surface area contributed by atoms with E-state index >= 15 is 0 Å². The van der Waals surface area contributed by atoms with Crippen molar-refractivity contribution in [2.45, 2.75) is 70.4 Å². The number of carboxylic acid groups (broad SMARTS) is 1. The van der Waals surface area contributed by atoms with Crippen molar-refractivity contribution in [3.63, 3.8) is 0 Å². The standard InChI is InChI=1S/C16H26O8/c1-7-4-8(5-16(2,3)10(7)14(21)22)23-15-13(20)12(19)11(18)9(6-17)24-15/h8-9,11-13,15,17-20H,4-6H2,1-3H3,(H,21,22). The first kappa shape index (κ1) is 19.3. The number of carbonyl (C=O) groups is 1. The Hall–Kier alpha value is -1.03. The normalized spacial score (nSPS) is 39.8. The molecule has 0 bridgehead atoms. The lowest BCUT2D eigenvalue weighted by Gasteiger charge is -2.43. The van der Waals surface area contributed by atoms with Crippen LogP contribution >= 0.6 is 0 Å². The molecule has 1 aliphatic heterocycles. The molecule has 1 heterocycles. The van der Waals surface area contributed by atoms with Crippen LogP contribution in [0.25, 0.3) is 0 Å². The van der Waals surface area contributed by atoms with Crippen LogP contribution in [0.15, 0.2) is 11.1 Å². The van der Waals surface area contributed by atoms with Crippen molar-refractivity contribution >= 4 is 5.97 Å². The molecule has 5 N–H and O–H groups in total. The molecule has 138 valence electrons. The highest BCUT2D eigenvalue weighted by Gasteiger charge is 2.46. The van der Waals surface area contributed by atoms with E-state index in [0.717, 1.165) is 0 Å². The van der Waals surface area contributed by atoms with Gasteiger partial charge in [-0.2, -0.15) is 0 Å². The van der Waals surface area contributed by atoms with Gasteiger partial charge in [-0.3, -0.25) is 0 Å². The zero-order chi connectivity index (χ0) is 18.2. The Morgan fingerprint density at radius 3 is 2.38 bits per heavy atom. The van der Waals surface area contributed by atoms with E-state index in [1.165, 1.54) is 0 Å². The molecule has 2 aliphatic rings. The smallest absolute Gasteiger partial charge is 0.332 e. The van der Waals surface area contributed by atoms with E-state index in [1.807, 2.05) is 13.8 Å². The largest absolute Gasteiger partial charge is 0.478 e. The minimum atomic E-state index is -1.50. The maximum Gasteiger partial charge on any atom is 0.332 e. The summed E-state index contributed by atoms with van der Waals surface area (Å²) in [5.74, 6) is -0.955. The number of ether oxygens (including phenoxy) is 2. The summed E-state index contributed by atoms with van der Waals surface area (Å²) in [6.07, 6.45) is -6.28. The van der Waals surface area contributed by atoms with Gasteiger partial charge in [0.05, 0.1) is 12.7 Å². The first-order chi connectivity index (χ1) is 11.1. The van der Waals surface area contributed by atoms with Crippen molar-refractivity contribution in [2.75, 3.05) is 6.61 Å². The van der Waals surface area contributed by atoms with E-state index in [4.69, 9.17) is 9.47 Å². The molecule has 1 aliphatic carbocycles. The van der Waals surface area contributed by atoms with Crippen LogP contribution in [0, 0.1) is 5.41 Å². The molecule has 0 aromatic rings. The maximum atomic E-state index is 11.4. The van der Waals surface area contributed by atoms with Crippen LogP contribution in [0.1, 0.15) is 33.6 Å². The Morgan fingerprint density at radius 2 is 1.88 bits per heavy atom. The van der Waals surface area contributed by atoms with Gasteiger partial charge in [-0.1, -0.05) is 19.4 Å². The fraction of sp³-hybridized carbons (Fsp3) is 0.812. The third kappa shape index (κ3) is 3.63. The molecular formula is C16H26O8. The molecule has 0 amide bonds. The summed E-state index contributed by atoms with van der Waals surface area (Å²) in [4.78, 5) is 11.4. The molecule has 8 nitrogen and oxygen atoms in total. The fourth-order valence-electron chi connectivity index (χ4n) is 3.70. The molecule has 0 radical (unpaired) electrons. The van der Waals surface area contributed by atoms with Crippen molar-refractivity contribution in [1.82, 2.24) is 0 Å². The minimum Gasteiger partial charge on any atom is -0.478 e. The van der Waals surface area contributed by atoms with Crippen molar-refractivity contribution in [3.8, 4) is 0 Å². The lowest BCUT2D eigenvalue weighted by molar-refractivity contribution is -0.313. The predicted octanol–water partition coefficient (Wildman–Crippen LogP) is -0.607. The molecule has 6 atom stereocenters. The van der Waals surface area contributed by atoms with E-state index in [1.54, 1.807) is 6.92 Å². The van der Waals surface area contributed by atoms with Gasteiger partial charge < -0.3 is 35.0 Å². The van der Waals surface area contributed by atoms with E-state index < -0.39 is 54.8 Å². The first-order valence-corrected chi connectivity index (χ1v) is 7.98. The summed E-state index contributed by atoms with van der Waals surface area (Å²) in [5, 5.41) is 48.2. The van der Waals surface area contributed by atoms with Gasteiger partial charge in [-0.15, -0.1) is 0 Å². The third-order valence-corrected chi connectivity index (χ3v) is 4.76. The Bertz CT molecular complexity index is 512. The van der Waals surface area contributed by atoms with Crippen LogP contribution in [-0.2, 0) is 14.3 Å². The number of rotatable bonds is 4. The summed E-state index contributed by atoms with van der Waals surface area (Å²) >= 11 is 0. The van der Waals surface area contributed by atoms with Crippen molar-refractivity contribution in [1.29, 1.82) is 0 Å². The summed E-state index contributed by atoms with van der Waals surface area (Å²) < 4.78 is 11.1. The zero-order valence-electron chi connectivity index (χ0n) is 14.0. The molecule has 0 saturated carbocycles. The highest BCUT2D eigenvalue weighted by Crippen LogP contribution is 2.42. The van der Waals surface area contributed by atoms with Crippen LogP contribution in [0.4, 0.5) is 0 Å². The molecule has 0 aromatic carbocycles. The van der Waals surface area contributed by atoms with E-state index in [9.17, 15) is 30.3 Å². The highest BCUT2D eigenvalue weighted by molar-refractivity contribution is 5.89. The number of hydrogen-bond acceptors (Lipinski definition) is 7. The topological polar surface area (TPSA) is 137 Å². The molecule has 24 heavy (non-hydrogen) atoms. The number of aliphatic carboxylic acids is 1. The number of hydrogen-bond donors (Lipinski definition) is 5. The zero-order valence-corrected chi connectivity index (χ0v) is 14.0. The van der Waals surface area contributed by atoms with E-state index in [0.29, 0.717) is 24.0 Å². The predicted molar refractivity (Wildman–Crippen MR) is 82.0 cm³/mol. The van der Waals surface area contributed by atoms with Gasteiger partial charge in [0.15, 0.2) is 6.29 Å². The average molecular weight is 346 g/mol. The van der Waals surface area contributed by atoms with Crippen LogP contribution < -0.4 is 0 Å². The molecule has 0 aromatic heterocycles. The third-order valence-electron chi connectivity index (χ3n) is 4.76. The van der Waals surface area contributed by atoms with Crippen LogP contribution in [0.5, 0.6) is 0 Å². The summed E-state index contributed by atoms with van der Waals surface area (Å²) in [5.41, 5.74) is 0.428. The number of aliphatic hydroxyl groups excluding tert-OH is 4. The molecule has 6 unspecified atom stereocenters. The van der Waals surface area contributed by atoms with Crippen molar-refractivity contribution < 1.29 is 39.8 Å². The quantitative estimate of drug-likeness (QED) is 0.455. The van der Waals surface area contributed by atoms with Gasteiger partial charge in [-0.25, -0.2) is 4.79 Å². The second-order valence-electron chi connectivity index (χ2n) is 7.21. The summed E-state index contributed by atoms with van der Waals surface area (Å²) in [6, 6.07) is 0. The maximum absolute atomic E-state index is 11.4. The average Bonchev–Trinajstić information content (AvgIpc) is 2.45. The highest BCUT2D eigenvalue weighted by atomic mass is 16.7. The second-order valence-corrected chi connectivity index (χ2v) is 7.21. The summed E-state index contributed by atoms with van der Waals surface area (Å²) in [7, 11) is 0. The molecule has 8 heteroatoms. The van der Waals surface area contributed by atoms with E-state index in [-0.39, 0.29) is 0 Å². The molecule has 0 spiro atoms. The van der Waals surface area contributed by atoms with Crippen LogP contribution in [0.2, 0.25) is 0 Å². The van der Waals surface area contributed by atoms with Crippen LogP contribution in [0.3, 0.4) is 0 Å². The molecule has 1 saturated heterocycles. The van der Waals surface area contributed by atoms with Crippen molar-refractivity contribution in [2.24, 2.45) is 5.41 Å². The number of carboxylic acids is 1. The Balaban J connectivity index is 2.13. The SMILES string of the molecule is CC1=C(C(=O)O)C(C)(C)CC(OC2OC(CO)C(O)C(O)C2O)C1. The van der Waals surface area contributed by atoms with Crippen LogP contribution in [-0.4, -0.2) is 74.9 Å². The van der Waals surface area contributed by atoms with E-state index in [2.05, 4.69) is 0 Å². The van der Waals surface area contributed by atoms with Gasteiger partial charge in [0, 0.05) is 5.57 Å². The lowest BCUT2D eigenvalue weighted by Crippen LogP contribution is -2.59. The Morgan fingerprint density at radius 1 is 1.25 bits per heavy atom. The lowest BCUT2D eigenvalue weighted by atomic mass is 9.71. The van der Waals surface area contributed by atoms with Gasteiger partial charge in [0.2, 0.25) is 0 Å². The molecule has 1 fully saturated rings. The Kier molecular flexibility index (Phi) is 5.68.